The van der Waals surface area contributed by atoms with Crippen LogP contribution in [0.25, 0.3) is 0 Å². The molecule has 2 aliphatic heterocycles. The summed E-state index contributed by atoms with van der Waals surface area (Å²) in [6, 6.07) is 4.93. The van der Waals surface area contributed by atoms with Crippen molar-refractivity contribution in [3.05, 3.63) is 37.9 Å². The van der Waals surface area contributed by atoms with Crippen LogP contribution in [-0.4, -0.2) is 16.8 Å². The molecule has 0 amide bonds. The predicted molar refractivity (Wildman–Crippen MR) is 80.5 cm³/mol. The molecule has 0 spiro atoms. The van der Waals surface area contributed by atoms with Gasteiger partial charge in [-0.2, -0.15) is 0 Å². The number of fused-ring (bicyclic) bond motifs is 6. The first-order valence-electron chi connectivity index (χ1n) is 5.74. The minimum absolute atomic E-state index is 0.560. The van der Waals surface area contributed by atoms with Gasteiger partial charge in [0.05, 0.1) is 5.69 Å². The third kappa shape index (κ3) is 1.46. The van der Waals surface area contributed by atoms with E-state index in [0.717, 1.165) is 12.2 Å². The minimum atomic E-state index is 0.560. The van der Waals surface area contributed by atoms with E-state index in [1.165, 1.54) is 25.9 Å². The topological polar surface area (TPSA) is 15.6 Å². The zero-order chi connectivity index (χ0) is 11.6. The molecule has 1 fully saturated rings. The summed E-state index contributed by atoms with van der Waals surface area (Å²) < 4.78 is 2.43. The number of rotatable bonds is 0. The molecule has 2 heterocycles. The Bertz CT molecular complexity index is 579. The van der Waals surface area contributed by atoms with E-state index in [0.29, 0.717) is 12.0 Å². The van der Waals surface area contributed by atoms with Crippen LogP contribution in [0.4, 0.5) is 5.69 Å². The minimum Gasteiger partial charge on any atom is -0.349 e. The average molecular weight is 401 g/mol. The van der Waals surface area contributed by atoms with Crippen molar-refractivity contribution < 1.29 is 0 Å². The molecular weight excluding hydrogens is 391 g/mol. The fourth-order valence-electron chi connectivity index (χ4n) is 2.97. The predicted octanol–water partition coefficient (Wildman–Crippen LogP) is 3.86. The molecular formula is C13H10BrIN2. The number of nitrogens with zero attached hydrogens (tertiary/aromatic N) is 2. The van der Waals surface area contributed by atoms with E-state index in [1.54, 1.807) is 0 Å². The molecule has 0 saturated carbocycles. The second kappa shape index (κ2) is 3.57. The van der Waals surface area contributed by atoms with Gasteiger partial charge in [0.1, 0.15) is 5.84 Å². The highest BCUT2D eigenvalue weighted by Crippen LogP contribution is 2.42. The highest BCUT2D eigenvalue weighted by molar-refractivity contribution is 14.1. The van der Waals surface area contributed by atoms with Crippen LogP contribution in [0.3, 0.4) is 0 Å². The maximum absolute atomic E-state index is 4.87. The highest BCUT2D eigenvalue weighted by Gasteiger charge is 2.41. The maximum Gasteiger partial charge on any atom is 0.113 e. The summed E-state index contributed by atoms with van der Waals surface area (Å²) in [5.41, 5.74) is 2.48. The van der Waals surface area contributed by atoms with Crippen LogP contribution in [-0.2, 0) is 6.54 Å². The Hall–Kier alpha value is -0.360. The fourth-order valence-corrected chi connectivity index (χ4v) is 4.58. The number of aliphatic imine (C=N–C) groups is 1. The summed E-state index contributed by atoms with van der Waals surface area (Å²) in [7, 11) is 0. The van der Waals surface area contributed by atoms with Crippen LogP contribution in [0, 0.1) is 9.49 Å². The van der Waals surface area contributed by atoms with Gasteiger partial charge in [-0.3, -0.25) is 0 Å². The van der Waals surface area contributed by atoms with Crippen LogP contribution in [0.5, 0.6) is 0 Å². The smallest absolute Gasteiger partial charge is 0.113 e. The number of amidine groups is 1. The molecule has 4 heteroatoms. The molecule has 1 aromatic rings. The van der Waals surface area contributed by atoms with Gasteiger partial charge in [-0.1, -0.05) is 28.1 Å². The first-order valence-corrected chi connectivity index (χ1v) is 7.61. The normalized spacial score (nSPS) is 28.1. The highest BCUT2D eigenvalue weighted by atomic mass is 127. The summed E-state index contributed by atoms with van der Waals surface area (Å²) in [5.74, 6) is 1.84. The van der Waals surface area contributed by atoms with Crippen molar-refractivity contribution in [3.8, 4) is 0 Å². The van der Waals surface area contributed by atoms with Crippen molar-refractivity contribution in [2.45, 2.75) is 19.0 Å². The van der Waals surface area contributed by atoms with E-state index < -0.39 is 0 Å². The van der Waals surface area contributed by atoms with Crippen molar-refractivity contribution in [2.24, 2.45) is 10.9 Å². The summed E-state index contributed by atoms with van der Waals surface area (Å²) in [5, 5.41) is 0. The molecule has 86 valence electrons. The largest absolute Gasteiger partial charge is 0.349 e. The number of benzene rings is 1. The Balaban J connectivity index is 1.90. The molecule has 0 N–H and O–H groups in total. The zero-order valence-corrected chi connectivity index (χ0v) is 12.8. The van der Waals surface area contributed by atoms with Gasteiger partial charge < -0.3 is 4.90 Å². The standard InChI is InChI=1S/C13H10BrIN2/c14-11-4-8(15)5-12-10(11)6-17-9-2-1-7(3-9)13(17)16-12/h1-2,4-5,7,9H,3,6H2. The lowest BCUT2D eigenvalue weighted by atomic mass is 10.1. The van der Waals surface area contributed by atoms with E-state index in [1.807, 2.05) is 0 Å². The monoisotopic (exact) mass is 400 g/mol. The molecule has 4 rings (SSSR count). The molecule has 0 aromatic heterocycles. The molecule has 1 aromatic carbocycles. The second-order valence-corrected chi connectivity index (χ2v) is 6.88. The fraction of sp³-hybridized carbons (Fsp3) is 0.308. The zero-order valence-electron chi connectivity index (χ0n) is 9.03. The summed E-state index contributed by atoms with van der Waals surface area (Å²) in [4.78, 5) is 7.32. The molecule has 17 heavy (non-hydrogen) atoms. The third-order valence-corrected chi connectivity index (χ3v) is 5.12. The Kier molecular flexibility index (Phi) is 2.22. The number of hydrogen-bond acceptors (Lipinski definition) is 2. The van der Waals surface area contributed by atoms with Crippen LogP contribution in [0.2, 0.25) is 0 Å². The van der Waals surface area contributed by atoms with Crippen molar-refractivity contribution in [1.29, 1.82) is 0 Å². The Labute approximate surface area is 122 Å². The summed E-state index contributed by atoms with van der Waals surface area (Å²) in [6.07, 6.45) is 5.87. The molecule has 2 unspecified atom stereocenters. The van der Waals surface area contributed by atoms with E-state index in [-0.39, 0.29) is 0 Å². The van der Waals surface area contributed by atoms with Gasteiger partial charge in [0.2, 0.25) is 0 Å². The lowest BCUT2D eigenvalue weighted by Crippen LogP contribution is -2.36. The number of halogens is 2. The van der Waals surface area contributed by atoms with E-state index in [2.05, 4.69) is 67.7 Å². The molecule has 2 atom stereocenters. The van der Waals surface area contributed by atoms with Gasteiger partial charge in [-0.25, -0.2) is 4.99 Å². The van der Waals surface area contributed by atoms with Crippen molar-refractivity contribution in [1.82, 2.24) is 4.90 Å². The Morgan fingerprint density at radius 2 is 2.24 bits per heavy atom. The first-order chi connectivity index (χ1) is 8.22. The molecule has 2 nitrogen and oxygen atoms in total. The van der Waals surface area contributed by atoms with Crippen molar-refractivity contribution in [3.63, 3.8) is 0 Å². The Morgan fingerprint density at radius 3 is 3.12 bits per heavy atom. The molecule has 1 saturated heterocycles. The number of hydrogen-bond donors (Lipinski definition) is 0. The first kappa shape index (κ1) is 10.6. The van der Waals surface area contributed by atoms with Crippen molar-refractivity contribution >= 4 is 50.0 Å². The van der Waals surface area contributed by atoms with Crippen LogP contribution in [0.15, 0.2) is 33.7 Å². The van der Waals surface area contributed by atoms with Gasteiger partial charge in [-0.05, 0) is 41.1 Å². The molecule has 0 radical (unpaired) electrons. The molecule has 3 aliphatic rings. The van der Waals surface area contributed by atoms with Crippen LogP contribution < -0.4 is 0 Å². The quantitative estimate of drug-likeness (QED) is 0.477. The van der Waals surface area contributed by atoms with Crippen LogP contribution in [0.1, 0.15) is 12.0 Å². The van der Waals surface area contributed by atoms with E-state index in [9.17, 15) is 0 Å². The van der Waals surface area contributed by atoms with Gasteiger partial charge in [0.25, 0.3) is 0 Å². The van der Waals surface area contributed by atoms with Gasteiger partial charge >= 0.3 is 0 Å². The summed E-state index contributed by atoms with van der Waals surface area (Å²) >= 11 is 6.01. The second-order valence-electron chi connectivity index (χ2n) is 4.78. The third-order valence-electron chi connectivity index (χ3n) is 3.79. The van der Waals surface area contributed by atoms with Gasteiger partial charge in [0, 0.05) is 32.1 Å². The molecule has 2 bridgehead atoms. The lowest BCUT2D eigenvalue weighted by Gasteiger charge is -2.32. The maximum atomic E-state index is 4.87. The van der Waals surface area contributed by atoms with E-state index in [4.69, 9.17) is 4.99 Å². The lowest BCUT2D eigenvalue weighted by molar-refractivity contribution is 0.377. The van der Waals surface area contributed by atoms with E-state index >= 15 is 0 Å². The van der Waals surface area contributed by atoms with Crippen molar-refractivity contribution in [2.75, 3.05) is 0 Å². The van der Waals surface area contributed by atoms with Crippen LogP contribution >= 0.6 is 38.5 Å². The average Bonchev–Trinajstić information content (AvgIpc) is 2.87. The Morgan fingerprint density at radius 1 is 1.35 bits per heavy atom. The summed E-state index contributed by atoms with van der Waals surface area (Å²) in [6.45, 7) is 0.997. The van der Waals surface area contributed by atoms with Gasteiger partial charge in [0.15, 0.2) is 0 Å². The SMILES string of the molecule is Brc1cc(I)cc2c1CN1C(=N2)C2C=CC1C2. The molecule has 1 aliphatic carbocycles. The van der Waals surface area contributed by atoms with Gasteiger partial charge in [-0.15, -0.1) is 0 Å².